The quantitative estimate of drug-likeness (QED) is 0.800. The van der Waals surface area contributed by atoms with E-state index in [0.717, 1.165) is 5.69 Å². The van der Waals surface area contributed by atoms with Crippen LogP contribution in [0.15, 0.2) is 24.3 Å². The molecule has 5 heteroatoms. The Hall–Kier alpha value is -2.35. The summed E-state index contributed by atoms with van der Waals surface area (Å²) in [6.07, 6.45) is 0.174. The summed E-state index contributed by atoms with van der Waals surface area (Å²) < 4.78 is 0. The van der Waals surface area contributed by atoms with Gasteiger partial charge in [-0.15, -0.1) is 0 Å². The van der Waals surface area contributed by atoms with Crippen molar-refractivity contribution >= 4 is 17.5 Å². The van der Waals surface area contributed by atoms with Crippen LogP contribution >= 0.6 is 0 Å². The van der Waals surface area contributed by atoms with E-state index in [4.69, 9.17) is 5.26 Å². The molecule has 1 atom stereocenters. The number of nitrogens with zero attached hydrogens (tertiary/aromatic N) is 3. The van der Waals surface area contributed by atoms with Crippen LogP contribution < -0.4 is 4.90 Å². The fourth-order valence-corrected chi connectivity index (χ4v) is 2.61. The number of benzene rings is 1. The molecule has 2 rings (SSSR count). The largest absolute Gasteiger partial charge is 0.350 e. The lowest BCUT2D eigenvalue weighted by Gasteiger charge is -2.38. The maximum absolute atomic E-state index is 12.4. The lowest BCUT2D eigenvalue weighted by molar-refractivity contribution is -0.147. The van der Waals surface area contributed by atoms with Gasteiger partial charge in [-0.05, 0) is 30.5 Å². The summed E-state index contributed by atoms with van der Waals surface area (Å²) >= 11 is 0. The van der Waals surface area contributed by atoms with Crippen molar-refractivity contribution in [3.8, 4) is 6.07 Å². The third-order valence-electron chi connectivity index (χ3n) is 4.04. The first-order chi connectivity index (χ1) is 10.5. The van der Waals surface area contributed by atoms with Gasteiger partial charge in [0.05, 0.1) is 19.0 Å². The van der Waals surface area contributed by atoms with Gasteiger partial charge in [-0.3, -0.25) is 14.5 Å². The van der Waals surface area contributed by atoms with Crippen LogP contribution in [0.2, 0.25) is 0 Å². The minimum Gasteiger partial charge on any atom is -0.350 e. The number of anilines is 1. The van der Waals surface area contributed by atoms with Crippen LogP contribution in [0.1, 0.15) is 38.7 Å². The Balaban J connectivity index is 2.18. The van der Waals surface area contributed by atoms with E-state index in [0.29, 0.717) is 5.92 Å². The number of carbonyl (C=O) groups is 2. The number of hydrogen-bond donors (Lipinski definition) is 0. The molecular weight excluding hydrogens is 278 g/mol. The maximum Gasteiger partial charge on any atom is 0.251 e. The Morgan fingerprint density at radius 3 is 2.45 bits per heavy atom. The summed E-state index contributed by atoms with van der Waals surface area (Å²) in [5, 5.41) is 8.63. The van der Waals surface area contributed by atoms with Gasteiger partial charge in [0.15, 0.2) is 0 Å². The number of hydrogen-bond acceptors (Lipinski definition) is 4. The predicted octanol–water partition coefficient (Wildman–Crippen LogP) is 2.29. The van der Waals surface area contributed by atoms with Crippen molar-refractivity contribution in [2.75, 3.05) is 18.0 Å². The van der Waals surface area contributed by atoms with Gasteiger partial charge in [0, 0.05) is 12.2 Å². The monoisotopic (exact) mass is 299 g/mol. The van der Waals surface area contributed by atoms with E-state index >= 15 is 0 Å². The van der Waals surface area contributed by atoms with E-state index in [1.54, 1.807) is 6.92 Å². The highest BCUT2D eigenvalue weighted by Crippen LogP contribution is 2.24. The number of nitriles is 1. The molecule has 1 aliphatic heterocycles. The smallest absolute Gasteiger partial charge is 0.251 e. The Kier molecular flexibility index (Phi) is 4.81. The molecule has 0 radical (unpaired) electrons. The van der Waals surface area contributed by atoms with Crippen molar-refractivity contribution < 1.29 is 9.59 Å². The van der Waals surface area contributed by atoms with Gasteiger partial charge < -0.3 is 4.90 Å². The van der Waals surface area contributed by atoms with E-state index in [9.17, 15) is 9.59 Å². The van der Waals surface area contributed by atoms with Crippen molar-refractivity contribution in [2.24, 2.45) is 0 Å². The van der Waals surface area contributed by atoms with Gasteiger partial charge in [0.2, 0.25) is 5.91 Å². The lowest BCUT2D eigenvalue weighted by Crippen LogP contribution is -2.59. The minimum absolute atomic E-state index is 0.166. The molecule has 1 aromatic carbocycles. The molecule has 1 aliphatic rings. The normalized spacial score (nSPS) is 18.8. The first kappa shape index (κ1) is 16.0. The van der Waals surface area contributed by atoms with Crippen LogP contribution in [0.5, 0.6) is 0 Å². The second-order valence-electron chi connectivity index (χ2n) is 5.84. The molecule has 0 N–H and O–H groups in total. The van der Waals surface area contributed by atoms with Gasteiger partial charge in [0.1, 0.15) is 6.04 Å². The molecule has 0 aromatic heterocycles. The van der Waals surface area contributed by atoms with Crippen LogP contribution in [0.4, 0.5) is 5.69 Å². The van der Waals surface area contributed by atoms with Crippen LogP contribution in [0.3, 0.4) is 0 Å². The fourth-order valence-electron chi connectivity index (χ4n) is 2.61. The molecule has 2 amide bonds. The highest BCUT2D eigenvalue weighted by atomic mass is 16.2. The Morgan fingerprint density at radius 2 is 1.91 bits per heavy atom. The third kappa shape index (κ3) is 3.11. The first-order valence-corrected chi connectivity index (χ1v) is 7.53. The zero-order valence-corrected chi connectivity index (χ0v) is 13.2. The summed E-state index contributed by atoms with van der Waals surface area (Å²) in [5.74, 6) is -0.0386. The van der Waals surface area contributed by atoms with Crippen LogP contribution in [-0.2, 0) is 9.59 Å². The third-order valence-corrected chi connectivity index (χ3v) is 4.04. The lowest BCUT2D eigenvalue weighted by atomic mass is 10.0. The molecule has 0 bridgehead atoms. The van der Waals surface area contributed by atoms with Gasteiger partial charge in [-0.2, -0.15) is 5.26 Å². The Bertz CT molecular complexity index is 601. The summed E-state index contributed by atoms with van der Waals surface area (Å²) in [6, 6.07) is 9.54. The van der Waals surface area contributed by atoms with Gasteiger partial charge in [-0.1, -0.05) is 26.0 Å². The summed E-state index contributed by atoms with van der Waals surface area (Å²) in [6.45, 7) is 6.39. The summed E-state index contributed by atoms with van der Waals surface area (Å²) in [7, 11) is 0. The van der Waals surface area contributed by atoms with E-state index in [2.05, 4.69) is 13.8 Å². The van der Waals surface area contributed by atoms with Crippen molar-refractivity contribution in [2.45, 2.75) is 39.2 Å². The molecule has 1 aromatic rings. The molecular formula is C17H21N3O2. The van der Waals surface area contributed by atoms with E-state index in [1.807, 2.05) is 35.2 Å². The van der Waals surface area contributed by atoms with E-state index < -0.39 is 6.04 Å². The van der Waals surface area contributed by atoms with Crippen LogP contribution in [0, 0.1) is 11.3 Å². The standard InChI is InChI=1S/C17H21N3O2/c1-12(2)14-5-7-15(8-6-14)20-11-16(21)19(10-4-9-18)17(22)13(20)3/h5-8,12-13H,4,10-11H2,1-3H3. The zero-order chi connectivity index (χ0) is 16.3. The molecule has 1 heterocycles. The Morgan fingerprint density at radius 1 is 1.27 bits per heavy atom. The molecule has 1 saturated heterocycles. The number of piperazine rings is 1. The highest BCUT2D eigenvalue weighted by Gasteiger charge is 2.36. The summed E-state index contributed by atoms with van der Waals surface area (Å²) in [5.41, 5.74) is 2.10. The average Bonchev–Trinajstić information content (AvgIpc) is 2.51. The number of rotatable bonds is 4. The van der Waals surface area contributed by atoms with Gasteiger partial charge >= 0.3 is 0 Å². The molecule has 116 valence electrons. The van der Waals surface area contributed by atoms with Crippen molar-refractivity contribution in [3.05, 3.63) is 29.8 Å². The predicted molar refractivity (Wildman–Crippen MR) is 84.3 cm³/mol. The number of imide groups is 1. The number of carbonyl (C=O) groups excluding carboxylic acids is 2. The van der Waals surface area contributed by atoms with Gasteiger partial charge in [-0.25, -0.2) is 0 Å². The molecule has 0 spiro atoms. The minimum atomic E-state index is -0.402. The van der Waals surface area contributed by atoms with Crippen molar-refractivity contribution in [1.29, 1.82) is 5.26 Å². The van der Waals surface area contributed by atoms with Crippen LogP contribution in [-0.4, -0.2) is 35.8 Å². The molecule has 22 heavy (non-hydrogen) atoms. The topological polar surface area (TPSA) is 64.4 Å². The van der Waals surface area contributed by atoms with Gasteiger partial charge in [0.25, 0.3) is 5.91 Å². The number of amides is 2. The molecule has 1 fully saturated rings. The highest BCUT2D eigenvalue weighted by molar-refractivity contribution is 6.04. The van der Waals surface area contributed by atoms with Crippen molar-refractivity contribution in [1.82, 2.24) is 4.90 Å². The second kappa shape index (κ2) is 6.61. The SMILES string of the molecule is CC(C)c1ccc(N2CC(=O)N(CCC#N)C(=O)C2C)cc1. The van der Waals surface area contributed by atoms with Crippen LogP contribution in [0.25, 0.3) is 0 Å². The first-order valence-electron chi connectivity index (χ1n) is 7.53. The molecule has 0 aliphatic carbocycles. The second-order valence-corrected chi connectivity index (χ2v) is 5.84. The fraction of sp³-hybridized carbons (Fsp3) is 0.471. The molecule has 5 nitrogen and oxygen atoms in total. The average molecular weight is 299 g/mol. The zero-order valence-electron chi connectivity index (χ0n) is 13.2. The van der Waals surface area contributed by atoms with E-state index in [1.165, 1.54) is 10.5 Å². The molecule has 1 unspecified atom stereocenters. The maximum atomic E-state index is 12.4. The summed E-state index contributed by atoms with van der Waals surface area (Å²) in [4.78, 5) is 27.5. The molecule has 0 saturated carbocycles. The Labute approximate surface area is 131 Å². The van der Waals surface area contributed by atoms with E-state index in [-0.39, 0.29) is 31.3 Å². The van der Waals surface area contributed by atoms with Crippen molar-refractivity contribution in [3.63, 3.8) is 0 Å².